The molecule has 0 amide bonds. The molecule has 2 aromatic carbocycles. The van der Waals surface area contributed by atoms with Gasteiger partial charge in [-0.05, 0) is 47.4 Å². The van der Waals surface area contributed by atoms with Gasteiger partial charge >= 0.3 is 0 Å². The van der Waals surface area contributed by atoms with E-state index in [9.17, 15) is 0 Å². The van der Waals surface area contributed by atoms with Crippen molar-refractivity contribution in [3.8, 4) is 0 Å². The van der Waals surface area contributed by atoms with Crippen molar-refractivity contribution >= 4 is 0 Å². The summed E-state index contributed by atoms with van der Waals surface area (Å²) in [5.74, 6) is 1.50. The molecule has 0 spiro atoms. The number of hydrogen-bond acceptors (Lipinski definition) is 0. The van der Waals surface area contributed by atoms with Gasteiger partial charge in [0.2, 0.25) is 0 Å². The van der Waals surface area contributed by atoms with Crippen LogP contribution in [0.4, 0.5) is 0 Å². The minimum atomic E-state index is 0.649. The monoisotopic (exact) mass is 262 g/mol. The molecule has 4 rings (SSSR count). The predicted molar refractivity (Wildman–Crippen MR) is 84.1 cm³/mol. The maximum absolute atomic E-state index is 2.38. The smallest absolute Gasteiger partial charge is 0.0123 e. The second kappa shape index (κ2) is 5.09. The summed E-state index contributed by atoms with van der Waals surface area (Å²) in [5.41, 5.74) is 6.33. The van der Waals surface area contributed by atoms with Crippen LogP contribution in [-0.4, -0.2) is 0 Å². The molecule has 0 radical (unpaired) electrons. The van der Waals surface area contributed by atoms with Gasteiger partial charge in [-0.1, -0.05) is 67.8 Å². The highest BCUT2D eigenvalue weighted by Crippen LogP contribution is 2.45. The molecule has 0 N–H and O–H groups in total. The molecule has 2 aromatic rings. The number of fused-ring (bicyclic) bond motifs is 2. The lowest BCUT2D eigenvalue weighted by Gasteiger charge is -2.36. The third-order valence-corrected chi connectivity index (χ3v) is 5.28. The zero-order valence-corrected chi connectivity index (χ0v) is 12.0. The quantitative estimate of drug-likeness (QED) is 0.654. The molecule has 2 aliphatic rings. The van der Waals surface area contributed by atoms with Crippen LogP contribution >= 0.6 is 0 Å². The van der Waals surface area contributed by atoms with Crippen LogP contribution in [0.3, 0.4) is 0 Å². The van der Waals surface area contributed by atoms with Crippen molar-refractivity contribution < 1.29 is 0 Å². The SMILES string of the molecule is c1ccc2c(c1)Cc1ccccc1C2C1CCCCC1. The Balaban J connectivity index is 1.83. The van der Waals surface area contributed by atoms with E-state index >= 15 is 0 Å². The van der Waals surface area contributed by atoms with Crippen molar-refractivity contribution in [1.29, 1.82) is 0 Å². The highest BCUT2D eigenvalue weighted by atomic mass is 14.4. The van der Waals surface area contributed by atoms with Crippen LogP contribution in [0.25, 0.3) is 0 Å². The summed E-state index contributed by atoms with van der Waals surface area (Å²) >= 11 is 0. The summed E-state index contributed by atoms with van der Waals surface area (Å²) in [4.78, 5) is 0. The lowest BCUT2D eigenvalue weighted by molar-refractivity contribution is 0.324. The molecule has 0 bridgehead atoms. The first-order chi connectivity index (χ1) is 9.93. The lowest BCUT2D eigenvalue weighted by Crippen LogP contribution is -2.23. The fraction of sp³-hybridized carbons (Fsp3) is 0.400. The van der Waals surface area contributed by atoms with E-state index in [0.717, 1.165) is 12.3 Å². The second-order valence-electron chi connectivity index (χ2n) is 6.45. The Morgan fingerprint density at radius 1 is 0.650 bits per heavy atom. The molecule has 0 saturated heterocycles. The molecule has 0 atom stereocenters. The maximum Gasteiger partial charge on any atom is 0.0123 e. The molecular weight excluding hydrogens is 240 g/mol. The largest absolute Gasteiger partial charge is 0.0620 e. The summed E-state index contributed by atoms with van der Waals surface area (Å²) in [7, 11) is 0. The first-order valence-electron chi connectivity index (χ1n) is 8.09. The molecule has 0 heteroatoms. The number of hydrogen-bond donors (Lipinski definition) is 0. The first-order valence-corrected chi connectivity index (χ1v) is 8.09. The van der Waals surface area contributed by atoms with Gasteiger partial charge in [-0.3, -0.25) is 0 Å². The Morgan fingerprint density at radius 3 is 1.80 bits per heavy atom. The average molecular weight is 262 g/mol. The Hall–Kier alpha value is -1.56. The Morgan fingerprint density at radius 2 is 1.20 bits per heavy atom. The third-order valence-electron chi connectivity index (χ3n) is 5.28. The van der Waals surface area contributed by atoms with Crippen molar-refractivity contribution in [3.63, 3.8) is 0 Å². The summed E-state index contributed by atoms with van der Waals surface area (Å²) in [6, 6.07) is 18.3. The summed E-state index contributed by atoms with van der Waals surface area (Å²) in [6.45, 7) is 0. The van der Waals surface area contributed by atoms with Crippen LogP contribution in [0, 0.1) is 5.92 Å². The molecule has 0 aliphatic heterocycles. The average Bonchev–Trinajstić information content (AvgIpc) is 2.53. The van der Waals surface area contributed by atoms with E-state index < -0.39 is 0 Å². The molecular formula is C20H22. The van der Waals surface area contributed by atoms with E-state index in [1.807, 2.05) is 0 Å². The molecule has 0 heterocycles. The van der Waals surface area contributed by atoms with Crippen molar-refractivity contribution in [2.24, 2.45) is 5.92 Å². The highest BCUT2D eigenvalue weighted by molar-refractivity contribution is 5.49. The summed E-state index contributed by atoms with van der Waals surface area (Å²) < 4.78 is 0. The van der Waals surface area contributed by atoms with Gasteiger partial charge in [-0.2, -0.15) is 0 Å². The van der Waals surface area contributed by atoms with E-state index in [2.05, 4.69) is 48.5 Å². The van der Waals surface area contributed by atoms with Gasteiger partial charge < -0.3 is 0 Å². The Bertz CT molecular complexity index is 559. The molecule has 0 aromatic heterocycles. The lowest BCUT2D eigenvalue weighted by atomic mass is 9.68. The molecule has 20 heavy (non-hydrogen) atoms. The third kappa shape index (κ3) is 1.98. The second-order valence-corrected chi connectivity index (χ2v) is 6.45. The van der Waals surface area contributed by atoms with E-state index in [1.165, 1.54) is 32.1 Å². The fourth-order valence-electron chi connectivity index (χ4n) is 4.35. The van der Waals surface area contributed by atoms with Crippen LogP contribution < -0.4 is 0 Å². The maximum atomic E-state index is 2.38. The van der Waals surface area contributed by atoms with Gasteiger partial charge in [-0.25, -0.2) is 0 Å². The molecule has 2 aliphatic carbocycles. The van der Waals surface area contributed by atoms with Gasteiger partial charge in [0.05, 0.1) is 0 Å². The zero-order chi connectivity index (χ0) is 13.4. The van der Waals surface area contributed by atoms with Crippen molar-refractivity contribution in [2.45, 2.75) is 44.4 Å². The molecule has 1 fully saturated rings. The van der Waals surface area contributed by atoms with Crippen LogP contribution in [0.2, 0.25) is 0 Å². The van der Waals surface area contributed by atoms with Crippen molar-refractivity contribution in [3.05, 3.63) is 70.8 Å². The Labute approximate surface area is 121 Å². The van der Waals surface area contributed by atoms with Gasteiger partial charge in [0.25, 0.3) is 0 Å². The standard InChI is InChI=1S/C20H22/c1-2-8-15(9-3-1)20-18-12-6-4-10-16(18)14-17-11-5-7-13-19(17)20/h4-7,10-13,15,20H,1-3,8-9,14H2. The van der Waals surface area contributed by atoms with E-state index in [0.29, 0.717) is 5.92 Å². The van der Waals surface area contributed by atoms with Crippen LogP contribution in [0.5, 0.6) is 0 Å². The topological polar surface area (TPSA) is 0 Å². The van der Waals surface area contributed by atoms with Gasteiger partial charge in [0.1, 0.15) is 0 Å². The van der Waals surface area contributed by atoms with Crippen LogP contribution in [0.15, 0.2) is 48.5 Å². The van der Waals surface area contributed by atoms with Crippen LogP contribution in [-0.2, 0) is 6.42 Å². The number of rotatable bonds is 1. The highest BCUT2D eigenvalue weighted by Gasteiger charge is 2.31. The zero-order valence-electron chi connectivity index (χ0n) is 12.0. The van der Waals surface area contributed by atoms with E-state index in [1.54, 1.807) is 22.3 Å². The van der Waals surface area contributed by atoms with Gasteiger partial charge in [0, 0.05) is 5.92 Å². The minimum absolute atomic E-state index is 0.649. The summed E-state index contributed by atoms with van der Waals surface area (Å²) in [6.07, 6.45) is 8.22. The van der Waals surface area contributed by atoms with Crippen molar-refractivity contribution in [2.75, 3.05) is 0 Å². The van der Waals surface area contributed by atoms with E-state index in [4.69, 9.17) is 0 Å². The molecule has 102 valence electrons. The molecule has 1 saturated carbocycles. The summed E-state index contributed by atoms with van der Waals surface area (Å²) in [5, 5.41) is 0. The predicted octanol–water partition coefficient (Wildman–Crippen LogP) is 5.30. The van der Waals surface area contributed by atoms with Gasteiger partial charge in [0.15, 0.2) is 0 Å². The van der Waals surface area contributed by atoms with Gasteiger partial charge in [-0.15, -0.1) is 0 Å². The first kappa shape index (κ1) is 12.2. The molecule has 0 nitrogen and oxygen atoms in total. The minimum Gasteiger partial charge on any atom is -0.0620 e. The molecule has 0 unspecified atom stereocenters. The fourth-order valence-corrected chi connectivity index (χ4v) is 4.35. The van der Waals surface area contributed by atoms with Crippen LogP contribution in [0.1, 0.15) is 60.3 Å². The van der Waals surface area contributed by atoms with E-state index in [-0.39, 0.29) is 0 Å². The van der Waals surface area contributed by atoms with Crippen molar-refractivity contribution in [1.82, 2.24) is 0 Å². The Kier molecular flexibility index (Phi) is 3.10. The normalized spacial score (nSPS) is 19.4. The number of benzene rings is 2.